The smallest absolute Gasteiger partial charge is 0.133 e. The van der Waals surface area contributed by atoms with E-state index < -0.39 is 0 Å². The molecular weight excluding hydrogens is 346 g/mol. The second kappa shape index (κ2) is 10.7. The average Bonchev–Trinajstić information content (AvgIpc) is 2.70. The van der Waals surface area contributed by atoms with Crippen LogP contribution in [-0.2, 0) is 12.8 Å². The number of hydrogen-bond donors (Lipinski definition) is 0. The van der Waals surface area contributed by atoms with Gasteiger partial charge in [-0.1, -0.05) is 38.5 Å². The predicted molar refractivity (Wildman–Crippen MR) is 118 cm³/mol. The third-order valence-corrected chi connectivity index (χ3v) is 4.63. The first kappa shape index (κ1) is 21.7. The maximum Gasteiger partial charge on any atom is 0.133 e. The van der Waals surface area contributed by atoms with Gasteiger partial charge >= 0.3 is 0 Å². The summed E-state index contributed by atoms with van der Waals surface area (Å²) in [4.78, 5) is 4.91. The molecule has 0 fully saturated rings. The third-order valence-electron chi connectivity index (χ3n) is 4.63. The van der Waals surface area contributed by atoms with Crippen molar-refractivity contribution in [1.82, 2.24) is 4.98 Å². The van der Waals surface area contributed by atoms with Crippen molar-refractivity contribution in [2.75, 3.05) is 6.61 Å². The molecule has 0 radical (unpaired) electrons. The van der Waals surface area contributed by atoms with Crippen LogP contribution in [0.25, 0.3) is 11.1 Å². The molecule has 28 heavy (non-hydrogen) atoms. The summed E-state index contributed by atoms with van der Waals surface area (Å²) in [6.07, 6.45) is 8.85. The molecule has 2 rings (SSSR count). The van der Waals surface area contributed by atoms with E-state index in [1.165, 1.54) is 5.56 Å². The van der Waals surface area contributed by atoms with Crippen molar-refractivity contribution in [2.24, 2.45) is 0 Å². The van der Waals surface area contributed by atoms with Crippen LogP contribution in [0.4, 0.5) is 0 Å². The van der Waals surface area contributed by atoms with Gasteiger partial charge in [-0.25, -0.2) is 0 Å². The maximum absolute atomic E-state index is 6.15. The van der Waals surface area contributed by atoms with Crippen molar-refractivity contribution >= 4 is 0 Å². The van der Waals surface area contributed by atoms with Crippen LogP contribution in [0.3, 0.4) is 0 Å². The number of nitrogens with zero attached hydrogens (tertiary/aromatic N) is 1. The van der Waals surface area contributed by atoms with Gasteiger partial charge in [-0.05, 0) is 70.4 Å². The highest BCUT2D eigenvalue weighted by Crippen LogP contribution is 2.38. The Morgan fingerprint density at radius 1 is 1.07 bits per heavy atom. The van der Waals surface area contributed by atoms with E-state index in [4.69, 9.17) is 14.5 Å². The van der Waals surface area contributed by atoms with Crippen LogP contribution < -0.4 is 9.47 Å². The Morgan fingerprint density at radius 3 is 2.32 bits per heavy atom. The highest BCUT2D eigenvalue weighted by molar-refractivity contribution is 5.75. The van der Waals surface area contributed by atoms with Crippen molar-refractivity contribution in [1.29, 1.82) is 0 Å². The van der Waals surface area contributed by atoms with Gasteiger partial charge in [0.1, 0.15) is 17.3 Å². The zero-order chi connectivity index (χ0) is 20.5. The molecule has 1 aromatic heterocycles. The number of pyridine rings is 1. The fourth-order valence-corrected chi connectivity index (χ4v) is 3.40. The van der Waals surface area contributed by atoms with Gasteiger partial charge in [0.2, 0.25) is 0 Å². The fourth-order valence-electron chi connectivity index (χ4n) is 3.40. The Bertz CT molecular complexity index is 833. The zero-order valence-electron chi connectivity index (χ0n) is 18.1. The van der Waals surface area contributed by atoms with Crippen LogP contribution in [0.1, 0.15) is 58.0 Å². The molecule has 0 bridgehead atoms. The van der Waals surface area contributed by atoms with E-state index in [0.717, 1.165) is 59.0 Å². The standard InChI is InChI=1S/C25H33NO2/c1-7-12-20(9-3)28-21-16-14-19(15-17-21)24-18(6)26-23(10-4)22(13-8-2)25(24)27-11-5/h7,9,12,14-17H,8,10-11,13H2,1-6H3/b12-7-,20-9+. The number of benzene rings is 1. The van der Waals surface area contributed by atoms with Crippen LogP contribution in [-0.4, -0.2) is 11.6 Å². The molecule has 1 aromatic carbocycles. The summed E-state index contributed by atoms with van der Waals surface area (Å²) in [5.74, 6) is 2.64. The molecule has 0 N–H and O–H groups in total. The summed E-state index contributed by atoms with van der Waals surface area (Å²) in [5.41, 5.74) is 5.60. The van der Waals surface area contributed by atoms with E-state index in [1.54, 1.807) is 0 Å². The van der Waals surface area contributed by atoms with E-state index in [0.29, 0.717) is 6.61 Å². The van der Waals surface area contributed by atoms with E-state index >= 15 is 0 Å². The van der Waals surface area contributed by atoms with Gasteiger partial charge in [0, 0.05) is 22.5 Å². The molecule has 0 amide bonds. The highest BCUT2D eigenvalue weighted by Gasteiger charge is 2.19. The fraction of sp³-hybridized carbons (Fsp3) is 0.400. The molecule has 3 nitrogen and oxygen atoms in total. The SMILES string of the molecule is C/C=C\C(=C/C)Oc1ccc(-c2c(C)nc(CC)c(CCC)c2OCC)cc1. The lowest BCUT2D eigenvalue weighted by Crippen LogP contribution is -2.07. The molecule has 0 saturated heterocycles. The third kappa shape index (κ3) is 5.03. The molecule has 0 saturated carbocycles. The van der Waals surface area contributed by atoms with Crippen molar-refractivity contribution < 1.29 is 9.47 Å². The normalized spacial score (nSPS) is 11.9. The minimum Gasteiger partial charge on any atom is -0.493 e. The summed E-state index contributed by atoms with van der Waals surface area (Å²) in [5, 5.41) is 0. The molecule has 1 heterocycles. The Balaban J connectivity index is 2.50. The van der Waals surface area contributed by atoms with Gasteiger partial charge in [-0.15, -0.1) is 0 Å². The van der Waals surface area contributed by atoms with E-state index in [-0.39, 0.29) is 0 Å². The van der Waals surface area contributed by atoms with E-state index in [1.807, 2.05) is 51.1 Å². The first-order chi connectivity index (χ1) is 13.6. The first-order valence-corrected chi connectivity index (χ1v) is 10.3. The summed E-state index contributed by atoms with van der Waals surface area (Å²) >= 11 is 0. The van der Waals surface area contributed by atoms with Crippen LogP contribution in [0.2, 0.25) is 0 Å². The summed E-state index contributed by atoms with van der Waals surface area (Å²) < 4.78 is 12.1. The number of rotatable bonds is 9. The van der Waals surface area contributed by atoms with E-state index in [2.05, 4.69) is 32.9 Å². The van der Waals surface area contributed by atoms with Gasteiger partial charge in [-0.3, -0.25) is 4.98 Å². The zero-order valence-corrected chi connectivity index (χ0v) is 18.1. The van der Waals surface area contributed by atoms with Crippen molar-refractivity contribution in [3.63, 3.8) is 0 Å². The Kier molecular flexibility index (Phi) is 8.31. The molecule has 0 unspecified atom stereocenters. The van der Waals surface area contributed by atoms with Crippen molar-refractivity contribution in [2.45, 2.75) is 60.8 Å². The Morgan fingerprint density at radius 2 is 1.79 bits per heavy atom. The number of allylic oxidation sites excluding steroid dienone is 3. The Labute approximate surface area is 170 Å². The lowest BCUT2D eigenvalue weighted by atomic mass is 9.96. The molecule has 0 aliphatic heterocycles. The van der Waals surface area contributed by atoms with Gasteiger partial charge in [0.25, 0.3) is 0 Å². The summed E-state index contributed by atoms with van der Waals surface area (Å²) in [7, 11) is 0. The van der Waals surface area contributed by atoms with Gasteiger partial charge in [0.15, 0.2) is 0 Å². The second-order valence-corrected chi connectivity index (χ2v) is 6.68. The largest absolute Gasteiger partial charge is 0.493 e. The summed E-state index contributed by atoms with van der Waals surface area (Å²) in [6.45, 7) is 13.1. The molecule has 0 aliphatic rings. The predicted octanol–water partition coefficient (Wildman–Crippen LogP) is 6.83. The number of aromatic nitrogens is 1. The lowest BCUT2D eigenvalue weighted by molar-refractivity contribution is 0.336. The van der Waals surface area contributed by atoms with Gasteiger partial charge in [-0.2, -0.15) is 0 Å². The molecular formula is C25H33NO2. The molecule has 2 aromatic rings. The molecule has 150 valence electrons. The van der Waals surface area contributed by atoms with Gasteiger partial charge in [0.05, 0.1) is 6.61 Å². The number of hydrogen-bond acceptors (Lipinski definition) is 3. The lowest BCUT2D eigenvalue weighted by Gasteiger charge is -2.20. The van der Waals surface area contributed by atoms with Crippen LogP contribution >= 0.6 is 0 Å². The molecule has 3 heteroatoms. The highest BCUT2D eigenvalue weighted by atomic mass is 16.5. The minimum atomic E-state index is 0.644. The van der Waals surface area contributed by atoms with Crippen LogP contribution in [0.5, 0.6) is 11.5 Å². The van der Waals surface area contributed by atoms with Crippen LogP contribution in [0, 0.1) is 6.92 Å². The molecule has 0 spiro atoms. The van der Waals surface area contributed by atoms with E-state index in [9.17, 15) is 0 Å². The molecule has 0 atom stereocenters. The monoisotopic (exact) mass is 379 g/mol. The average molecular weight is 380 g/mol. The summed E-state index contributed by atoms with van der Waals surface area (Å²) in [6, 6.07) is 8.19. The van der Waals surface area contributed by atoms with Gasteiger partial charge < -0.3 is 9.47 Å². The first-order valence-electron chi connectivity index (χ1n) is 10.3. The van der Waals surface area contributed by atoms with Crippen LogP contribution in [0.15, 0.2) is 48.3 Å². The number of ether oxygens (including phenoxy) is 2. The quantitative estimate of drug-likeness (QED) is 0.353. The second-order valence-electron chi connectivity index (χ2n) is 6.68. The minimum absolute atomic E-state index is 0.644. The number of aryl methyl sites for hydroxylation is 2. The molecule has 0 aliphatic carbocycles. The topological polar surface area (TPSA) is 31.4 Å². The van der Waals surface area contributed by atoms with Crippen molar-refractivity contribution in [3.8, 4) is 22.6 Å². The van der Waals surface area contributed by atoms with Crippen molar-refractivity contribution in [3.05, 3.63) is 65.2 Å². The Hall–Kier alpha value is -2.55. The maximum atomic E-state index is 6.15.